The van der Waals surface area contributed by atoms with E-state index >= 15 is 0 Å². The van der Waals surface area contributed by atoms with Crippen molar-refractivity contribution in [2.75, 3.05) is 43.4 Å². The minimum atomic E-state index is -0.357. The first-order valence-corrected chi connectivity index (χ1v) is 11.3. The number of hydrogen-bond acceptors (Lipinski definition) is 5. The van der Waals surface area contributed by atoms with Crippen LogP contribution in [0.2, 0.25) is 0 Å². The van der Waals surface area contributed by atoms with Crippen LogP contribution in [0.15, 0.2) is 48.5 Å². The molecular formula is C24H30N4O3S. The molecule has 170 valence electrons. The SMILES string of the molecule is CCOC(=O)c1ccccc1NC(=S)N1CCCN(Cc2ccc(NC(C)=O)cc2)CC1. The van der Waals surface area contributed by atoms with Gasteiger partial charge in [-0.1, -0.05) is 24.3 Å². The maximum atomic E-state index is 12.2. The summed E-state index contributed by atoms with van der Waals surface area (Å²) in [7, 11) is 0. The normalized spacial score (nSPS) is 14.4. The molecule has 2 N–H and O–H groups in total. The van der Waals surface area contributed by atoms with Gasteiger partial charge in [-0.05, 0) is 55.4 Å². The Morgan fingerprint density at radius 2 is 1.75 bits per heavy atom. The highest BCUT2D eigenvalue weighted by molar-refractivity contribution is 7.80. The average molecular weight is 455 g/mol. The second-order valence-corrected chi connectivity index (χ2v) is 8.08. The Balaban J connectivity index is 1.55. The number of anilines is 2. The number of esters is 1. The Kier molecular flexibility index (Phi) is 8.58. The molecular weight excluding hydrogens is 424 g/mol. The lowest BCUT2D eigenvalue weighted by Crippen LogP contribution is -2.38. The third kappa shape index (κ3) is 6.77. The van der Waals surface area contributed by atoms with Gasteiger partial charge in [-0.15, -0.1) is 0 Å². The van der Waals surface area contributed by atoms with Crippen molar-refractivity contribution in [3.05, 3.63) is 59.7 Å². The lowest BCUT2D eigenvalue weighted by atomic mass is 10.2. The molecule has 7 nitrogen and oxygen atoms in total. The molecule has 0 bridgehead atoms. The number of nitrogens with zero attached hydrogens (tertiary/aromatic N) is 2. The third-order valence-corrected chi connectivity index (χ3v) is 5.58. The maximum absolute atomic E-state index is 12.2. The maximum Gasteiger partial charge on any atom is 0.340 e. The predicted molar refractivity (Wildman–Crippen MR) is 131 cm³/mol. The number of rotatable bonds is 6. The van der Waals surface area contributed by atoms with Crippen molar-refractivity contribution in [2.45, 2.75) is 26.8 Å². The van der Waals surface area contributed by atoms with E-state index < -0.39 is 0 Å². The molecule has 0 spiro atoms. The molecule has 1 fully saturated rings. The van der Waals surface area contributed by atoms with Crippen molar-refractivity contribution in [2.24, 2.45) is 0 Å². The molecule has 3 rings (SSSR count). The fourth-order valence-corrected chi connectivity index (χ4v) is 3.95. The molecule has 0 atom stereocenters. The molecule has 2 aromatic rings. The zero-order valence-electron chi connectivity index (χ0n) is 18.6. The fraction of sp³-hybridized carbons (Fsp3) is 0.375. The van der Waals surface area contributed by atoms with Gasteiger partial charge in [-0.3, -0.25) is 9.69 Å². The molecule has 0 radical (unpaired) electrons. The summed E-state index contributed by atoms with van der Waals surface area (Å²) in [5, 5.41) is 6.64. The predicted octanol–water partition coefficient (Wildman–Crippen LogP) is 3.73. The second-order valence-electron chi connectivity index (χ2n) is 7.69. The monoisotopic (exact) mass is 454 g/mol. The van der Waals surface area contributed by atoms with E-state index in [0.29, 0.717) is 23.0 Å². The number of nitrogens with one attached hydrogen (secondary N) is 2. The molecule has 1 amide bonds. The number of carbonyl (C=O) groups is 2. The van der Waals surface area contributed by atoms with E-state index in [2.05, 4.69) is 20.4 Å². The summed E-state index contributed by atoms with van der Waals surface area (Å²) in [6, 6.07) is 15.2. The van der Waals surface area contributed by atoms with E-state index in [4.69, 9.17) is 17.0 Å². The van der Waals surface area contributed by atoms with E-state index in [1.165, 1.54) is 12.5 Å². The van der Waals surface area contributed by atoms with Gasteiger partial charge >= 0.3 is 5.97 Å². The fourth-order valence-electron chi connectivity index (χ4n) is 3.66. The van der Waals surface area contributed by atoms with Crippen LogP contribution in [0.25, 0.3) is 0 Å². The van der Waals surface area contributed by atoms with E-state index in [1.807, 2.05) is 42.5 Å². The van der Waals surface area contributed by atoms with Crippen LogP contribution in [0.4, 0.5) is 11.4 Å². The van der Waals surface area contributed by atoms with Crippen molar-refractivity contribution in [3.63, 3.8) is 0 Å². The number of hydrogen-bond donors (Lipinski definition) is 2. The Bertz CT molecular complexity index is 949. The van der Waals surface area contributed by atoms with Crippen LogP contribution in [0, 0.1) is 0 Å². The molecule has 8 heteroatoms. The summed E-state index contributed by atoms with van der Waals surface area (Å²) in [5.41, 5.74) is 3.16. The standard InChI is InChI=1S/C24H30N4O3S/c1-3-31-23(30)21-7-4-5-8-22(21)26-24(32)28-14-6-13-27(15-16-28)17-19-9-11-20(12-10-19)25-18(2)29/h4-5,7-12H,3,6,13-17H2,1-2H3,(H,25,29)(H,26,32). The smallest absolute Gasteiger partial charge is 0.340 e. The molecule has 1 aliphatic rings. The van der Waals surface area contributed by atoms with Gasteiger partial charge in [0.05, 0.1) is 17.9 Å². The van der Waals surface area contributed by atoms with Gasteiger partial charge in [0.15, 0.2) is 5.11 Å². The minimum absolute atomic E-state index is 0.0696. The van der Waals surface area contributed by atoms with Gasteiger partial charge in [-0.25, -0.2) is 4.79 Å². The van der Waals surface area contributed by atoms with E-state index in [-0.39, 0.29) is 11.9 Å². The zero-order valence-corrected chi connectivity index (χ0v) is 19.4. The summed E-state index contributed by atoms with van der Waals surface area (Å²) >= 11 is 5.65. The molecule has 2 aromatic carbocycles. The van der Waals surface area contributed by atoms with Crippen LogP contribution >= 0.6 is 12.2 Å². The first-order chi connectivity index (χ1) is 15.5. The summed E-state index contributed by atoms with van der Waals surface area (Å²) < 4.78 is 5.15. The highest BCUT2D eigenvalue weighted by atomic mass is 32.1. The molecule has 0 unspecified atom stereocenters. The van der Waals surface area contributed by atoms with Crippen molar-refractivity contribution in [3.8, 4) is 0 Å². The number of benzene rings is 2. The summed E-state index contributed by atoms with van der Waals surface area (Å²) in [4.78, 5) is 28.0. The van der Waals surface area contributed by atoms with Crippen LogP contribution in [0.5, 0.6) is 0 Å². The van der Waals surface area contributed by atoms with Gasteiger partial charge in [0, 0.05) is 45.3 Å². The van der Waals surface area contributed by atoms with Crippen molar-refractivity contribution in [1.82, 2.24) is 9.80 Å². The lowest BCUT2D eigenvalue weighted by Gasteiger charge is -2.25. The topological polar surface area (TPSA) is 73.9 Å². The number of ether oxygens (including phenoxy) is 1. The van der Waals surface area contributed by atoms with Crippen LogP contribution in [0.3, 0.4) is 0 Å². The number of amides is 1. The summed E-state index contributed by atoms with van der Waals surface area (Å²) in [6.07, 6.45) is 0.991. The van der Waals surface area contributed by atoms with Crippen LogP contribution in [0.1, 0.15) is 36.2 Å². The van der Waals surface area contributed by atoms with Gasteiger partial charge in [0.2, 0.25) is 5.91 Å². The number of para-hydroxylation sites is 1. The first-order valence-electron chi connectivity index (χ1n) is 10.9. The van der Waals surface area contributed by atoms with Crippen LogP contribution in [-0.2, 0) is 16.1 Å². The molecule has 1 saturated heterocycles. The van der Waals surface area contributed by atoms with Gasteiger partial charge in [-0.2, -0.15) is 0 Å². The van der Waals surface area contributed by atoms with Crippen molar-refractivity contribution < 1.29 is 14.3 Å². The highest BCUT2D eigenvalue weighted by Crippen LogP contribution is 2.18. The number of thiocarbonyl (C=S) groups is 1. The summed E-state index contributed by atoms with van der Waals surface area (Å²) in [6.45, 7) is 7.99. The second kappa shape index (κ2) is 11.6. The Morgan fingerprint density at radius 1 is 1.00 bits per heavy atom. The van der Waals surface area contributed by atoms with Crippen LogP contribution < -0.4 is 10.6 Å². The quantitative estimate of drug-likeness (QED) is 0.509. The largest absolute Gasteiger partial charge is 0.462 e. The third-order valence-electron chi connectivity index (χ3n) is 5.22. The molecule has 0 aromatic heterocycles. The number of carbonyl (C=O) groups excluding carboxylic acids is 2. The van der Waals surface area contributed by atoms with Gasteiger partial charge in [0.1, 0.15) is 0 Å². The lowest BCUT2D eigenvalue weighted by molar-refractivity contribution is -0.114. The van der Waals surface area contributed by atoms with Gasteiger partial charge in [0.25, 0.3) is 0 Å². The Labute approximate surface area is 194 Å². The van der Waals surface area contributed by atoms with Crippen molar-refractivity contribution >= 4 is 40.6 Å². The molecule has 0 aliphatic carbocycles. The molecule has 32 heavy (non-hydrogen) atoms. The summed E-state index contributed by atoms with van der Waals surface area (Å²) in [5.74, 6) is -0.426. The molecule has 1 heterocycles. The highest BCUT2D eigenvalue weighted by Gasteiger charge is 2.19. The van der Waals surface area contributed by atoms with E-state index in [0.717, 1.165) is 44.8 Å². The van der Waals surface area contributed by atoms with Crippen LogP contribution in [-0.4, -0.2) is 59.6 Å². The minimum Gasteiger partial charge on any atom is -0.462 e. The molecule has 0 saturated carbocycles. The first kappa shape index (κ1) is 23.7. The zero-order chi connectivity index (χ0) is 22.9. The molecule has 1 aliphatic heterocycles. The van der Waals surface area contributed by atoms with E-state index in [9.17, 15) is 9.59 Å². The Morgan fingerprint density at radius 3 is 2.47 bits per heavy atom. The average Bonchev–Trinajstić information content (AvgIpc) is 3.01. The van der Waals surface area contributed by atoms with Gasteiger partial charge < -0.3 is 20.3 Å². The van der Waals surface area contributed by atoms with E-state index in [1.54, 1.807) is 13.0 Å². The Hall–Kier alpha value is -2.97. The van der Waals surface area contributed by atoms with Crippen molar-refractivity contribution in [1.29, 1.82) is 0 Å².